The number of nitrogens with two attached hydrogens (primary N) is 1. The largest absolute Gasteiger partial charge is 0.330 e. The second-order valence-corrected chi connectivity index (χ2v) is 5.19. The summed E-state index contributed by atoms with van der Waals surface area (Å²) in [5.41, 5.74) is 7.73. The molecule has 1 aliphatic heterocycles. The van der Waals surface area contributed by atoms with Gasteiger partial charge >= 0.3 is 0 Å². The highest BCUT2D eigenvalue weighted by Crippen LogP contribution is 2.34. The van der Waals surface area contributed by atoms with E-state index in [0.29, 0.717) is 0 Å². The monoisotopic (exact) mass is 232 g/mol. The highest BCUT2D eigenvalue weighted by atomic mass is 15.1. The van der Waals surface area contributed by atoms with E-state index >= 15 is 0 Å². The summed E-state index contributed by atoms with van der Waals surface area (Å²) in [4.78, 5) is 2.57. The van der Waals surface area contributed by atoms with E-state index in [9.17, 15) is 0 Å². The van der Waals surface area contributed by atoms with Crippen molar-refractivity contribution in [3.63, 3.8) is 0 Å². The van der Waals surface area contributed by atoms with E-state index in [0.717, 1.165) is 6.54 Å². The van der Waals surface area contributed by atoms with Gasteiger partial charge in [0.05, 0.1) is 0 Å². The number of piperidine rings is 1. The predicted molar refractivity (Wildman–Crippen MR) is 73.1 cm³/mol. The molecule has 1 aromatic rings. The Bertz CT molecular complexity index is 326. The maximum absolute atomic E-state index is 6.07. The van der Waals surface area contributed by atoms with Gasteiger partial charge in [-0.3, -0.25) is 0 Å². The van der Waals surface area contributed by atoms with Gasteiger partial charge in [-0.05, 0) is 44.5 Å². The molecule has 0 saturated carbocycles. The number of benzene rings is 1. The lowest BCUT2D eigenvalue weighted by molar-refractivity contribution is 0.162. The third kappa shape index (κ3) is 2.70. The van der Waals surface area contributed by atoms with Crippen molar-refractivity contribution in [2.24, 2.45) is 5.73 Å². The zero-order chi connectivity index (χ0) is 12.1. The molecule has 0 aliphatic carbocycles. The van der Waals surface area contributed by atoms with E-state index in [1.54, 1.807) is 0 Å². The first kappa shape index (κ1) is 12.6. The standard InChI is InChI=1S/C15H24N2/c1-2-10-17-11-8-15(13-16,9-12-17)14-6-4-3-5-7-14/h3-7H,2,8-13,16H2,1H3. The molecule has 1 aromatic carbocycles. The molecule has 1 fully saturated rings. The molecular weight excluding hydrogens is 208 g/mol. The van der Waals surface area contributed by atoms with E-state index in [1.807, 2.05) is 0 Å². The Morgan fingerprint density at radius 2 is 1.82 bits per heavy atom. The average molecular weight is 232 g/mol. The van der Waals surface area contributed by atoms with Crippen molar-refractivity contribution in [1.29, 1.82) is 0 Å². The fourth-order valence-corrected chi connectivity index (χ4v) is 2.92. The molecule has 2 heteroatoms. The molecule has 0 atom stereocenters. The topological polar surface area (TPSA) is 29.3 Å². The summed E-state index contributed by atoms with van der Waals surface area (Å²) in [5.74, 6) is 0. The summed E-state index contributed by atoms with van der Waals surface area (Å²) in [6.07, 6.45) is 3.65. The molecule has 0 bridgehead atoms. The molecule has 94 valence electrons. The molecule has 1 heterocycles. The van der Waals surface area contributed by atoms with Crippen molar-refractivity contribution in [2.45, 2.75) is 31.6 Å². The lowest BCUT2D eigenvalue weighted by atomic mass is 9.73. The minimum Gasteiger partial charge on any atom is -0.330 e. The Morgan fingerprint density at radius 1 is 1.18 bits per heavy atom. The summed E-state index contributed by atoms with van der Waals surface area (Å²) in [5, 5.41) is 0. The second kappa shape index (κ2) is 5.65. The van der Waals surface area contributed by atoms with Crippen molar-refractivity contribution in [3.8, 4) is 0 Å². The van der Waals surface area contributed by atoms with Gasteiger partial charge < -0.3 is 10.6 Å². The van der Waals surface area contributed by atoms with Crippen LogP contribution in [-0.2, 0) is 5.41 Å². The van der Waals surface area contributed by atoms with Crippen molar-refractivity contribution in [1.82, 2.24) is 4.90 Å². The molecule has 0 radical (unpaired) electrons. The van der Waals surface area contributed by atoms with Crippen molar-refractivity contribution in [2.75, 3.05) is 26.2 Å². The van der Waals surface area contributed by atoms with Crippen LogP contribution in [0.25, 0.3) is 0 Å². The van der Waals surface area contributed by atoms with Crippen LogP contribution in [-0.4, -0.2) is 31.1 Å². The van der Waals surface area contributed by atoms with Crippen LogP contribution in [0.3, 0.4) is 0 Å². The van der Waals surface area contributed by atoms with Crippen LogP contribution < -0.4 is 5.73 Å². The van der Waals surface area contributed by atoms with Crippen LogP contribution in [0.5, 0.6) is 0 Å². The summed E-state index contributed by atoms with van der Waals surface area (Å²) < 4.78 is 0. The maximum atomic E-state index is 6.07. The highest BCUT2D eigenvalue weighted by Gasteiger charge is 2.34. The average Bonchev–Trinajstić information content (AvgIpc) is 2.41. The van der Waals surface area contributed by atoms with Crippen LogP contribution >= 0.6 is 0 Å². The van der Waals surface area contributed by atoms with Crippen molar-refractivity contribution < 1.29 is 0 Å². The van der Waals surface area contributed by atoms with Gasteiger partial charge in [-0.1, -0.05) is 37.3 Å². The van der Waals surface area contributed by atoms with Crippen LogP contribution in [0.15, 0.2) is 30.3 Å². The Labute approximate surface area is 105 Å². The van der Waals surface area contributed by atoms with E-state index < -0.39 is 0 Å². The molecule has 0 unspecified atom stereocenters. The summed E-state index contributed by atoms with van der Waals surface area (Å²) in [6.45, 7) is 6.65. The third-order valence-corrected chi connectivity index (χ3v) is 4.13. The zero-order valence-electron chi connectivity index (χ0n) is 10.9. The highest BCUT2D eigenvalue weighted by molar-refractivity contribution is 5.26. The Balaban J connectivity index is 2.08. The quantitative estimate of drug-likeness (QED) is 0.863. The van der Waals surface area contributed by atoms with E-state index in [1.165, 1.54) is 44.5 Å². The summed E-state index contributed by atoms with van der Waals surface area (Å²) >= 11 is 0. The molecule has 17 heavy (non-hydrogen) atoms. The van der Waals surface area contributed by atoms with E-state index in [-0.39, 0.29) is 5.41 Å². The molecule has 2 nitrogen and oxygen atoms in total. The number of rotatable bonds is 4. The van der Waals surface area contributed by atoms with E-state index in [4.69, 9.17) is 5.73 Å². The van der Waals surface area contributed by atoms with Crippen LogP contribution in [0.4, 0.5) is 0 Å². The molecule has 2 rings (SSSR count). The SMILES string of the molecule is CCCN1CCC(CN)(c2ccccc2)CC1. The molecule has 2 N–H and O–H groups in total. The van der Waals surface area contributed by atoms with Crippen LogP contribution in [0.1, 0.15) is 31.7 Å². The van der Waals surface area contributed by atoms with Crippen LogP contribution in [0.2, 0.25) is 0 Å². The third-order valence-electron chi connectivity index (χ3n) is 4.13. The van der Waals surface area contributed by atoms with Gasteiger partial charge in [0.1, 0.15) is 0 Å². The second-order valence-electron chi connectivity index (χ2n) is 5.19. The molecule has 0 amide bonds. The Hall–Kier alpha value is -0.860. The first-order valence-corrected chi connectivity index (χ1v) is 6.79. The van der Waals surface area contributed by atoms with Gasteiger partial charge in [-0.2, -0.15) is 0 Å². The molecule has 0 spiro atoms. The van der Waals surface area contributed by atoms with Gasteiger partial charge in [0.2, 0.25) is 0 Å². The lowest BCUT2D eigenvalue weighted by Gasteiger charge is -2.41. The first-order chi connectivity index (χ1) is 8.30. The van der Waals surface area contributed by atoms with Gasteiger partial charge in [0.15, 0.2) is 0 Å². The first-order valence-electron chi connectivity index (χ1n) is 6.79. The van der Waals surface area contributed by atoms with Crippen molar-refractivity contribution in [3.05, 3.63) is 35.9 Å². The molecule has 1 aliphatic rings. The van der Waals surface area contributed by atoms with E-state index in [2.05, 4.69) is 42.2 Å². The van der Waals surface area contributed by atoms with Gasteiger partial charge in [0, 0.05) is 12.0 Å². The number of hydrogen-bond donors (Lipinski definition) is 1. The zero-order valence-corrected chi connectivity index (χ0v) is 10.9. The van der Waals surface area contributed by atoms with Gasteiger partial charge in [-0.15, -0.1) is 0 Å². The van der Waals surface area contributed by atoms with Crippen LogP contribution in [0, 0.1) is 0 Å². The molecular formula is C15H24N2. The van der Waals surface area contributed by atoms with Crippen molar-refractivity contribution >= 4 is 0 Å². The Morgan fingerprint density at radius 3 is 2.35 bits per heavy atom. The fraction of sp³-hybridized carbons (Fsp3) is 0.600. The summed E-state index contributed by atoms with van der Waals surface area (Å²) in [6, 6.07) is 10.8. The summed E-state index contributed by atoms with van der Waals surface area (Å²) in [7, 11) is 0. The minimum atomic E-state index is 0.228. The fourth-order valence-electron chi connectivity index (χ4n) is 2.92. The molecule has 0 aromatic heterocycles. The van der Waals surface area contributed by atoms with Gasteiger partial charge in [-0.25, -0.2) is 0 Å². The number of hydrogen-bond acceptors (Lipinski definition) is 2. The lowest BCUT2D eigenvalue weighted by Crippen LogP contribution is -2.46. The Kier molecular flexibility index (Phi) is 4.19. The predicted octanol–water partition coefficient (Wildman–Crippen LogP) is 2.39. The van der Waals surface area contributed by atoms with Gasteiger partial charge in [0.25, 0.3) is 0 Å². The maximum Gasteiger partial charge on any atom is 0.00998 e. The normalized spacial score (nSPS) is 20.4. The number of likely N-dealkylation sites (tertiary alicyclic amines) is 1. The smallest absolute Gasteiger partial charge is 0.00998 e. The number of nitrogens with zero attached hydrogens (tertiary/aromatic N) is 1. The molecule has 1 saturated heterocycles. The minimum absolute atomic E-state index is 0.228.